The summed E-state index contributed by atoms with van der Waals surface area (Å²) < 4.78 is 8.50. The number of carbonyl (C=O) groups is 2. The number of carbonyl (C=O) groups excluding carboxylic acids is 2. The minimum atomic E-state index is -2.77. The zero-order valence-electron chi connectivity index (χ0n) is 21.8. The average molecular weight is 529 g/mol. The Morgan fingerprint density at radius 2 is 2.08 bits per heavy atom. The van der Waals surface area contributed by atoms with E-state index in [2.05, 4.69) is 15.6 Å². The Bertz CT molecular complexity index is 1200. The van der Waals surface area contributed by atoms with Gasteiger partial charge in [-0.3, -0.25) is 14.3 Å². The van der Waals surface area contributed by atoms with Gasteiger partial charge in [-0.05, 0) is 37.7 Å². The van der Waals surface area contributed by atoms with Gasteiger partial charge in [0.1, 0.15) is 0 Å². The molecule has 1 spiro atoms. The fourth-order valence-electron chi connectivity index (χ4n) is 6.42. The van der Waals surface area contributed by atoms with E-state index in [0.717, 1.165) is 16.9 Å². The normalized spacial score (nSPS) is 28.0. The zero-order valence-corrected chi connectivity index (χ0v) is 22.8. The van der Waals surface area contributed by atoms with Crippen LogP contribution in [0.25, 0.3) is 0 Å². The molecule has 0 bridgehead atoms. The molecule has 4 atom stereocenters. The van der Waals surface area contributed by atoms with Crippen molar-refractivity contribution >= 4 is 31.5 Å². The third kappa shape index (κ3) is 4.30. The molecule has 200 valence electrons. The van der Waals surface area contributed by atoms with Crippen LogP contribution in [0.5, 0.6) is 0 Å². The number of nitrogens with one attached hydrogen (secondary N) is 1. The van der Waals surface area contributed by atoms with E-state index in [4.69, 9.17) is 9.84 Å². The van der Waals surface area contributed by atoms with Crippen LogP contribution in [0.15, 0.2) is 24.4 Å². The maximum absolute atomic E-state index is 13.9. The van der Waals surface area contributed by atoms with E-state index in [0.29, 0.717) is 38.2 Å². The Morgan fingerprint density at radius 1 is 1.30 bits per heavy atom. The van der Waals surface area contributed by atoms with Gasteiger partial charge in [0.2, 0.25) is 5.91 Å². The Balaban J connectivity index is 1.50. The van der Waals surface area contributed by atoms with Gasteiger partial charge in [-0.25, -0.2) is 0 Å². The molecular formula is C25H36N6O5Si. The largest absolute Gasteiger partial charge is 0.432 e. The first-order valence-electron chi connectivity index (χ1n) is 12.9. The summed E-state index contributed by atoms with van der Waals surface area (Å²) in [5.41, 5.74) is 1.57. The fraction of sp³-hybridized carbons (Fsp3) is 0.600. The van der Waals surface area contributed by atoms with E-state index in [1.807, 2.05) is 44.4 Å². The lowest BCUT2D eigenvalue weighted by molar-refractivity contribution is -0.145. The number of fused-ring (bicyclic) bond motifs is 2. The molecule has 12 heteroatoms. The SMILES string of the molecule is C[C@H]1[C@H]([Si](C)(C)O)[C@@H](CCn2cc(CCO)nn2)O[C@]12C(=O)N(C)c1ccc(N3CCNCC3=O)cc12. The van der Waals surface area contributed by atoms with E-state index < -0.39 is 13.9 Å². The average Bonchev–Trinajstić information content (AvgIpc) is 3.49. The van der Waals surface area contributed by atoms with E-state index in [9.17, 15) is 14.4 Å². The first-order chi connectivity index (χ1) is 17.6. The summed E-state index contributed by atoms with van der Waals surface area (Å²) >= 11 is 0. The molecule has 3 N–H and O–H groups in total. The van der Waals surface area contributed by atoms with Gasteiger partial charge in [0.05, 0.1) is 24.0 Å². The lowest BCUT2D eigenvalue weighted by atomic mass is 9.82. The summed E-state index contributed by atoms with van der Waals surface area (Å²) in [6, 6.07) is 5.71. The smallest absolute Gasteiger partial charge is 0.264 e. The molecule has 3 aliphatic heterocycles. The van der Waals surface area contributed by atoms with Crippen LogP contribution in [0.4, 0.5) is 11.4 Å². The number of likely N-dealkylation sites (N-methyl/N-ethyl adjacent to an activating group) is 1. The summed E-state index contributed by atoms with van der Waals surface area (Å²) in [5, 5.41) is 20.5. The number of rotatable bonds is 7. The van der Waals surface area contributed by atoms with Crippen LogP contribution in [0.2, 0.25) is 18.6 Å². The maximum atomic E-state index is 13.9. The number of piperazine rings is 1. The minimum Gasteiger partial charge on any atom is -0.432 e. The number of ether oxygens (including phenoxy) is 1. The molecule has 2 amide bonds. The highest BCUT2D eigenvalue weighted by Gasteiger charge is 2.65. The van der Waals surface area contributed by atoms with E-state index >= 15 is 0 Å². The molecule has 3 aliphatic rings. The van der Waals surface area contributed by atoms with Crippen LogP contribution in [0.1, 0.15) is 24.6 Å². The van der Waals surface area contributed by atoms with Gasteiger partial charge in [0, 0.05) is 68.6 Å². The van der Waals surface area contributed by atoms with Gasteiger partial charge in [-0.2, -0.15) is 0 Å². The van der Waals surface area contributed by atoms with Crippen LogP contribution < -0.4 is 15.1 Å². The lowest BCUT2D eigenvalue weighted by Crippen LogP contribution is -2.48. The van der Waals surface area contributed by atoms with Crippen molar-refractivity contribution in [2.24, 2.45) is 5.92 Å². The van der Waals surface area contributed by atoms with Crippen molar-refractivity contribution in [3.63, 3.8) is 0 Å². The van der Waals surface area contributed by atoms with Crippen molar-refractivity contribution in [3.05, 3.63) is 35.7 Å². The van der Waals surface area contributed by atoms with Crippen LogP contribution >= 0.6 is 0 Å². The summed E-state index contributed by atoms with van der Waals surface area (Å²) in [6.07, 6.45) is 2.44. The number of aliphatic hydroxyl groups excluding tert-OH is 1. The molecule has 11 nitrogen and oxygen atoms in total. The number of hydrogen-bond donors (Lipinski definition) is 3. The Hall–Kier alpha value is -2.64. The maximum Gasteiger partial charge on any atom is 0.264 e. The highest BCUT2D eigenvalue weighted by Crippen LogP contribution is 2.59. The zero-order chi connectivity index (χ0) is 26.5. The summed E-state index contributed by atoms with van der Waals surface area (Å²) in [7, 11) is -1.01. The number of anilines is 2. The Labute approximate surface area is 217 Å². The Morgan fingerprint density at radius 3 is 2.78 bits per heavy atom. The van der Waals surface area contributed by atoms with E-state index in [1.165, 1.54) is 0 Å². The summed E-state index contributed by atoms with van der Waals surface area (Å²) in [4.78, 5) is 41.3. The van der Waals surface area contributed by atoms with Crippen molar-refractivity contribution in [3.8, 4) is 0 Å². The molecule has 1 aromatic carbocycles. The predicted molar refractivity (Wildman–Crippen MR) is 140 cm³/mol. The molecule has 2 aromatic rings. The van der Waals surface area contributed by atoms with Gasteiger partial charge in [0.15, 0.2) is 13.9 Å². The first kappa shape index (κ1) is 26.0. The van der Waals surface area contributed by atoms with Gasteiger partial charge < -0.3 is 29.8 Å². The van der Waals surface area contributed by atoms with E-state index in [-0.39, 0.29) is 42.5 Å². The number of aryl methyl sites for hydroxylation is 1. The van der Waals surface area contributed by atoms with Crippen molar-refractivity contribution < 1.29 is 24.2 Å². The Kier molecular flexibility index (Phi) is 6.73. The first-order valence-corrected chi connectivity index (χ1v) is 15.9. The molecule has 0 aliphatic carbocycles. The molecule has 0 radical (unpaired) electrons. The number of hydrogen-bond acceptors (Lipinski definition) is 8. The fourth-order valence-corrected chi connectivity index (χ4v) is 9.03. The summed E-state index contributed by atoms with van der Waals surface area (Å²) in [5.74, 6) is -0.420. The lowest BCUT2D eigenvalue weighted by Gasteiger charge is -2.33. The summed E-state index contributed by atoms with van der Waals surface area (Å²) in [6.45, 7) is 7.88. The number of nitrogens with zero attached hydrogens (tertiary/aromatic N) is 5. The van der Waals surface area contributed by atoms with Gasteiger partial charge in [-0.15, -0.1) is 5.10 Å². The second-order valence-electron chi connectivity index (χ2n) is 10.9. The monoisotopic (exact) mass is 528 g/mol. The van der Waals surface area contributed by atoms with Crippen molar-refractivity contribution in [1.82, 2.24) is 20.3 Å². The number of benzene rings is 1. The molecule has 0 saturated carbocycles. The molecule has 5 rings (SSSR count). The third-order valence-electron chi connectivity index (χ3n) is 8.10. The standard InChI is InChI=1S/C25H36N6O5Si/c1-16-23(37(3,4)35)21(7-10-30-15-17(8-12-32)27-28-30)36-25(16)19-13-18(31-11-9-26-14-22(31)33)5-6-20(19)29(2)24(25)34/h5-6,13,15-16,21,23,26,32,35H,7-12,14H2,1-4H3/t16-,21+,23-,25+/m0/s1. The van der Waals surface area contributed by atoms with E-state index in [1.54, 1.807) is 21.5 Å². The van der Waals surface area contributed by atoms with Crippen molar-refractivity contribution in [1.29, 1.82) is 0 Å². The molecule has 1 aromatic heterocycles. The molecule has 2 fully saturated rings. The number of aliphatic hydroxyl groups is 1. The second kappa shape index (κ2) is 9.59. The van der Waals surface area contributed by atoms with Crippen LogP contribution in [-0.4, -0.2) is 84.4 Å². The topological polar surface area (TPSA) is 133 Å². The van der Waals surface area contributed by atoms with Crippen molar-refractivity contribution in [2.75, 3.05) is 43.1 Å². The molecular weight excluding hydrogens is 492 g/mol. The highest BCUT2D eigenvalue weighted by atomic mass is 28.4. The highest BCUT2D eigenvalue weighted by molar-refractivity contribution is 6.71. The molecule has 0 unspecified atom stereocenters. The second-order valence-corrected chi connectivity index (χ2v) is 14.9. The van der Waals surface area contributed by atoms with Gasteiger partial charge in [-0.1, -0.05) is 12.1 Å². The quantitative estimate of drug-likeness (QED) is 0.446. The van der Waals surface area contributed by atoms with Gasteiger partial charge in [0.25, 0.3) is 5.91 Å². The molecule has 4 heterocycles. The van der Waals surface area contributed by atoms with Crippen molar-refractivity contribution in [2.45, 2.75) is 56.7 Å². The molecule has 37 heavy (non-hydrogen) atoms. The minimum absolute atomic E-state index is 0.00735. The van der Waals surface area contributed by atoms with Gasteiger partial charge >= 0.3 is 0 Å². The predicted octanol–water partition coefficient (Wildman–Crippen LogP) is 0.614. The van der Waals surface area contributed by atoms with Crippen LogP contribution in [-0.2, 0) is 32.9 Å². The number of amides is 2. The van der Waals surface area contributed by atoms with Crippen LogP contribution in [0.3, 0.4) is 0 Å². The van der Waals surface area contributed by atoms with Crippen LogP contribution in [0, 0.1) is 5.92 Å². The third-order valence-corrected chi connectivity index (χ3v) is 10.6. The number of aromatic nitrogens is 3. The molecule has 2 saturated heterocycles.